The second-order valence-corrected chi connectivity index (χ2v) is 9.67. The number of hydrogen-bond acceptors (Lipinski definition) is 4. The average Bonchev–Trinajstić information content (AvgIpc) is 3.18. The molecule has 1 aromatic heterocycles. The van der Waals surface area contributed by atoms with Gasteiger partial charge in [0.25, 0.3) is 0 Å². The zero-order chi connectivity index (χ0) is 17.8. The molecule has 0 radical (unpaired) electrons. The highest BCUT2D eigenvalue weighted by atomic mass is 35.5. The normalized spacial score (nSPS) is 28.7. The molecule has 2 atom stereocenters. The molecular weight excluding hydrogens is 373 g/mol. The number of thiazole rings is 1. The summed E-state index contributed by atoms with van der Waals surface area (Å²) < 4.78 is 0. The molecule has 0 saturated heterocycles. The molecule has 1 N–H and O–H groups in total. The summed E-state index contributed by atoms with van der Waals surface area (Å²) in [6.45, 7) is 7.14. The lowest BCUT2D eigenvalue weighted by Gasteiger charge is -2.34. The van der Waals surface area contributed by atoms with Crippen LogP contribution >= 0.6 is 34.5 Å². The van der Waals surface area contributed by atoms with Crippen LogP contribution in [0.1, 0.15) is 40.0 Å². The third-order valence-electron chi connectivity index (χ3n) is 6.51. The Bertz CT molecular complexity index is 858. The first-order valence-corrected chi connectivity index (χ1v) is 10.1. The van der Waals surface area contributed by atoms with Gasteiger partial charge < -0.3 is 0 Å². The van der Waals surface area contributed by atoms with Gasteiger partial charge >= 0.3 is 0 Å². The number of nitrogens with one attached hydrogen (secondary N) is 1. The molecular formula is C19H21Cl2N3S. The molecule has 2 aliphatic carbocycles. The van der Waals surface area contributed by atoms with Gasteiger partial charge in [0.05, 0.1) is 14.9 Å². The topological polar surface area (TPSA) is 37.3 Å². The lowest BCUT2D eigenvalue weighted by molar-refractivity contribution is 0.194. The number of nitrogens with zero attached hydrogens (tertiary/aromatic N) is 2. The first kappa shape index (κ1) is 17.3. The highest BCUT2D eigenvalue weighted by Gasteiger charge is 2.59. The van der Waals surface area contributed by atoms with Crippen LogP contribution in [0, 0.1) is 16.7 Å². The van der Waals surface area contributed by atoms with Crippen LogP contribution < -0.4 is 5.43 Å². The molecule has 2 fully saturated rings. The summed E-state index contributed by atoms with van der Waals surface area (Å²) in [5.74, 6) is 0.751. The van der Waals surface area contributed by atoms with Crippen molar-refractivity contribution in [3.63, 3.8) is 0 Å². The van der Waals surface area contributed by atoms with Crippen molar-refractivity contribution in [3.05, 3.63) is 34.4 Å². The maximum atomic E-state index is 6.11. The molecule has 2 aliphatic rings. The summed E-state index contributed by atoms with van der Waals surface area (Å²) >= 11 is 13.7. The van der Waals surface area contributed by atoms with E-state index >= 15 is 0 Å². The summed E-state index contributed by atoms with van der Waals surface area (Å²) in [6.07, 6.45) is 5.50. The van der Waals surface area contributed by atoms with Gasteiger partial charge in [-0.15, -0.1) is 0 Å². The Morgan fingerprint density at radius 3 is 2.68 bits per heavy atom. The zero-order valence-electron chi connectivity index (χ0n) is 14.6. The third kappa shape index (κ3) is 2.70. The van der Waals surface area contributed by atoms with E-state index < -0.39 is 0 Å². The molecule has 3 nitrogen and oxygen atoms in total. The van der Waals surface area contributed by atoms with Crippen molar-refractivity contribution in [1.29, 1.82) is 0 Å². The largest absolute Gasteiger partial charge is 0.253 e. The van der Waals surface area contributed by atoms with Gasteiger partial charge in [-0.25, -0.2) is 4.98 Å². The van der Waals surface area contributed by atoms with E-state index in [1.54, 1.807) is 11.3 Å². The standard InChI is InChI=1S/C19H21Cl2N3S/c1-18(2)12-6-7-19(18,3)16(9-12)23-24-17-22-10-15(25-17)11-4-5-13(20)14(21)8-11/h4-5,8,10,12H,6-7,9H2,1-3H3,(H,22,24)/b23-16+/t12-,19+/m1/s1. The van der Waals surface area contributed by atoms with Crippen molar-refractivity contribution in [1.82, 2.24) is 4.98 Å². The summed E-state index contributed by atoms with van der Waals surface area (Å²) in [5.41, 5.74) is 6.03. The summed E-state index contributed by atoms with van der Waals surface area (Å²) in [6, 6.07) is 5.63. The maximum Gasteiger partial charge on any atom is 0.203 e. The highest BCUT2D eigenvalue weighted by molar-refractivity contribution is 7.18. The van der Waals surface area contributed by atoms with E-state index in [0.717, 1.165) is 27.9 Å². The van der Waals surface area contributed by atoms with Gasteiger partial charge in [0.2, 0.25) is 5.13 Å². The molecule has 0 aliphatic heterocycles. The molecule has 132 valence electrons. The number of fused-ring (bicyclic) bond motifs is 2. The van der Waals surface area contributed by atoms with Gasteiger partial charge in [-0.1, -0.05) is 61.4 Å². The fraction of sp³-hybridized carbons (Fsp3) is 0.474. The molecule has 2 saturated carbocycles. The SMILES string of the molecule is CC1(C)[C@@H]2CC[C@@]1(C)/C(=N/Nc1ncc(-c3ccc(Cl)c(Cl)c3)s1)C2. The number of hydrogen-bond donors (Lipinski definition) is 1. The van der Waals surface area contributed by atoms with Crippen molar-refractivity contribution in [2.24, 2.45) is 21.8 Å². The van der Waals surface area contributed by atoms with Gasteiger partial charge in [-0.05, 0) is 48.3 Å². The number of rotatable bonds is 3. The van der Waals surface area contributed by atoms with Gasteiger partial charge in [-0.3, -0.25) is 5.43 Å². The predicted octanol–water partition coefficient (Wildman–Crippen LogP) is 6.73. The Morgan fingerprint density at radius 2 is 2.04 bits per heavy atom. The maximum absolute atomic E-state index is 6.11. The number of benzene rings is 1. The predicted molar refractivity (Wildman–Crippen MR) is 108 cm³/mol. The minimum Gasteiger partial charge on any atom is -0.253 e. The number of anilines is 1. The van der Waals surface area contributed by atoms with Crippen molar-refractivity contribution in [2.45, 2.75) is 40.0 Å². The molecule has 4 rings (SSSR count). The third-order valence-corrected chi connectivity index (χ3v) is 8.20. The second-order valence-electron chi connectivity index (χ2n) is 7.82. The number of halogens is 2. The first-order valence-electron chi connectivity index (χ1n) is 8.55. The van der Waals surface area contributed by atoms with Crippen LogP contribution in [-0.2, 0) is 0 Å². The molecule has 0 amide bonds. The molecule has 25 heavy (non-hydrogen) atoms. The first-order chi connectivity index (χ1) is 11.8. The lowest BCUT2D eigenvalue weighted by atomic mass is 9.70. The van der Waals surface area contributed by atoms with Crippen LogP contribution in [0.2, 0.25) is 10.0 Å². The van der Waals surface area contributed by atoms with Crippen LogP contribution in [0.3, 0.4) is 0 Å². The van der Waals surface area contributed by atoms with Crippen LogP contribution in [-0.4, -0.2) is 10.7 Å². The van der Waals surface area contributed by atoms with Crippen molar-refractivity contribution in [2.75, 3.05) is 5.43 Å². The number of aromatic nitrogens is 1. The van der Waals surface area contributed by atoms with E-state index in [0.29, 0.717) is 15.5 Å². The Kier molecular flexibility index (Phi) is 4.13. The van der Waals surface area contributed by atoms with Crippen LogP contribution in [0.5, 0.6) is 0 Å². The molecule has 2 aromatic rings. The van der Waals surface area contributed by atoms with Crippen molar-refractivity contribution < 1.29 is 0 Å². The molecule has 0 spiro atoms. The molecule has 1 heterocycles. The monoisotopic (exact) mass is 393 g/mol. The summed E-state index contributed by atoms with van der Waals surface area (Å²) in [4.78, 5) is 5.49. The van der Waals surface area contributed by atoms with Crippen LogP contribution in [0.15, 0.2) is 29.5 Å². The van der Waals surface area contributed by atoms with Gasteiger partial charge in [0.1, 0.15) is 0 Å². The quantitative estimate of drug-likeness (QED) is 0.586. The second kappa shape index (κ2) is 5.97. The Balaban J connectivity index is 1.54. The van der Waals surface area contributed by atoms with Gasteiger partial charge in [0.15, 0.2) is 0 Å². The van der Waals surface area contributed by atoms with Gasteiger partial charge in [0, 0.05) is 17.3 Å². The highest BCUT2D eigenvalue weighted by Crippen LogP contribution is 2.63. The van der Waals surface area contributed by atoms with E-state index in [1.807, 2.05) is 24.4 Å². The van der Waals surface area contributed by atoms with E-state index in [4.69, 9.17) is 28.3 Å². The van der Waals surface area contributed by atoms with Crippen molar-refractivity contribution >= 4 is 45.4 Å². The Hall–Kier alpha value is -1.10. The fourth-order valence-electron chi connectivity index (χ4n) is 4.32. The lowest BCUT2D eigenvalue weighted by Crippen LogP contribution is -2.32. The summed E-state index contributed by atoms with van der Waals surface area (Å²) in [7, 11) is 0. The molecule has 0 unspecified atom stereocenters. The fourth-order valence-corrected chi connectivity index (χ4v) is 5.37. The Morgan fingerprint density at radius 1 is 1.24 bits per heavy atom. The molecule has 1 aromatic carbocycles. The smallest absolute Gasteiger partial charge is 0.203 e. The zero-order valence-corrected chi connectivity index (χ0v) is 16.9. The van der Waals surface area contributed by atoms with E-state index in [1.165, 1.54) is 18.6 Å². The van der Waals surface area contributed by atoms with Gasteiger partial charge in [-0.2, -0.15) is 5.10 Å². The van der Waals surface area contributed by atoms with E-state index in [-0.39, 0.29) is 5.41 Å². The minimum atomic E-state index is 0.203. The Labute approximate surface area is 162 Å². The molecule has 2 bridgehead atoms. The van der Waals surface area contributed by atoms with Crippen LogP contribution in [0.25, 0.3) is 10.4 Å². The van der Waals surface area contributed by atoms with Crippen LogP contribution in [0.4, 0.5) is 5.13 Å². The molecule has 6 heteroatoms. The van der Waals surface area contributed by atoms with E-state index in [9.17, 15) is 0 Å². The summed E-state index contributed by atoms with van der Waals surface area (Å²) in [5, 5.41) is 6.67. The average molecular weight is 394 g/mol. The van der Waals surface area contributed by atoms with Crippen molar-refractivity contribution in [3.8, 4) is 10.4 Å². The van der Waals surface area contributed by atoms with E-state index in [2.05, 4.69) is 31.2 Å². The minimum absolute atomic E-state index is 0.203. The number of hydrazone groups is 1.